The lowest BCUT2D eigenvalue weighted by Crippen LogP contribution is -2.25. The maximum Gasteiger partial charge on any atom is 0.328 e. The van der Waals surface area contributed by atoms with Crippen molar-refractivity contribution in [1.29, 1.82) is 0 Å². The molecule has 1 fully saturated rings. The Kier molecular flexibility index (Phi) is 2.36. The van der Waals surface area contributed by atoms with Crippen LogP contribution in [0.2, 0.25) is 0 Å². The monoisotopic (exact) mass is 259 g/mol. The molecule has 0 aromatic carbocycles. The van der Waals surface area contributed by atoms with Crippen LogP contribution in [-0.2, 0) is 19.5 Å². The fourth-order valence-electron chi connectivity index (χ4n) is 2.82. The first-order valence-electron chi connectivity index (χ1n) is 7.01. The van der Waals surface area contributed by atoms with Gasteiger partial charge < -0.3 is 4.57 Å². The number of fused-ring (bicyclic) bond motifs is 1. The first-order chi connectivity index (χ1) is 9.33. The van der Waals surface area contributed by atoms with E-state index in [2.05, 4.69) is 14.8 Å². The third-order valence-electron chi connectivity index (χ3n) is 4.06. The van der Waals surface area contributed by atoms with Gasteiger partial charge in [-0.2, -0.15) is 0 Å². The van der Waals surface area contributed by atoms with Crippen LogP contribution in [0.15, 0.2) is 17.2 Å². The van der Waals surface area contributed by atoms with E-state index in [1.54, 1.807) is 4.57 Å². The normalized spacial score (nSPS) is 18.5. The highest BCUT2D eigenvalue weighted by Crippen LogP contribution is 2.33. The summed E-state index contributed by atoms with van der Waals surface area (Å²) >= 11 is 0. The Bertz CT molecular complexity index is 661. The Morgan fingerprint density at radius 1 is 1.21 bits per heavy atom. The minimum absolute atomic E-state index is 0.0793. The van der Waals surface area contributed by atoms with E-state index in [4.69, 9.17) is 0 Å². The Labute approximate surface area is 110 Å². The van der Waals surface area contributed by atoms with Crippen molar-refractivity contribution in [3.63, 3.8) is 0 Å². The van der Waals surface area contributed by atoms with E-state index in [9.17, 15) is 4.79 Å². The molecule has 0 bridgehead atoms. The summed E-state index contributed by atoms with van der Waals surface area (Å²) in [6.45, 7) is 1.52. The van der Waals surface area contributed by atoms with Crippen LogP contribution in [0, 0.1) is 0 Å². The van der Waals surface area contributed by atoms with Crippen LogP contribution in [0.5, 0.6) is 0 Å². The van der Waals surface area contributed by atoms with Crippen molar-refractivity contribution in [3.05, 3.63) is 34.5 Å². The van der Waals surface area contributed by atoms with Crippen LogP contribution in [0.3, 0.4) is 0 Å². The molecule has 2 aliphatic rings. The van der Waals surface area contributed by atoms with E-state index >= 15 is 0 Å². The second kappa shape index (κ2) is 4.08. The van der Waals surface area contributed by atoms with Gasteiger partial charge in [0.15, 0.2) is 5.82 Å². The van der Waals surface area contributed by atoms with Gasteiger partial charge in [0.1, 0.15) is 5.82 Å². The minimum atomic E-state index is 0.0793. The Balaban J connectivity index is 1.64. The Morgan fingerprint density at radius 2 is 2.11 bits per heavy atom. The standard InChI is InChI=1S/C13H17N5O/c19-13-16(7-8-17(13)10-4-5-10)9-12-15-14-11-3-1-2-6-18(11)12/h7-8,10H,1-6,9H2. The van der Waals surface area contributed by atoms with Crippen molar-refractivity contribution in [2.45, 2.75) is 51.2 Å². The molecule has 100 valence electrons. The summed E-state index contributed by atoms with van der Waals surface area (Å²) in [4.78, 5) is 12.2. The summed E-state index contributed by atoms with van der Waals surface area (Å²) in [6.07, 6.45) is 9.39. The highest BCUT2D eigenvalue weighted by atomic mass is 16.1. The zero-order valence-corrected chi connectivity index (χ0v) is 10.8. The summed E-state index contributed by atoms with van der Waals surface area (Å²) in [6, 6.07) is 0.432. The molecular formula is C13H17N5O. The van der Waals surface area contributed by atoms with Gasteiger partial charge in [0.2, 0.25) is 0 Å². The summed E-state index contributed by atoms with van der Waals surface area (Å²) in [5.41, 5.74) is 0.0793. The Morgan fingerprint density at radius 3 is 2.95 bits per heavy atom. The van der Waals surface area contributed by atoms with Crippen molar-refractivity contribution < 1.29 is 0 Å². The third kappa shape index (κ3) is 1.82. The molecule has 1 aliphatic heterocycles. The van der Waals surface area contributed by atoms with Gasteiger partial charge in [0.25, 0.3) is 0 Å². The van der Waals surface area contributed by atoms with E-state index in [0.717, 1.165) is 37.5 Å². The molecule has 0 radical (unpaired) electrons. The molecule has 0 unspecified atom stereocenters. The number of aryl methyl sites for hydroxylation is 1. The predicted molar refractivity (Wildman–Crippen MR) is 69.0 cm³/mol. The second-order valence-electron chi connectivity index (χ2n) is 5.49. The molecule has 2 aromatic rings. The first-order valence-corrected chi connectivity index (χ1v) is 7.01. The largest absolute Gasteiger partial charge is 0.328 e. The molecule has 0 amide bonds. The summed E-state index contributed by atoms with van der Waals surface area (Å²) in [7, 11) is 0. The molecule has 19 heavy (non-hydrogen) atoms. The average Bonchev–Trinajstić information content (AvgIpc) is 3.10. The van der Waals surface area contributed by atoms with E-state index in [1.165, 1.54) is 12.8 Å². The number of rotatable bonds is 3. The molecule has 0 atom stereocenters. The molecule has 1 aliphatic carbocycles. The predicted octanol–water partition coefficient (Wildman–Crippen LogP) is 0.961. The zero-order valence-electron chi connectivity index (χ0n) is 10.8. The van der Waals surface area contributed by atoms with Crippen LogP contribution < -0.4 is 5.69 Å². The summed E-state index contributed by atoms with van der Waals surface area (Å²) in [5.74, 6) is 1.97. The van der Waals surface area contributed by atoms with Gasteiger partial charge in [0.05, 0.1) is 6.54 Å². The number of nitrogens with zero attached hydrogens (tertiary/aromatic N) is 5. The lowest BCUT2D eigenvalue weighted by atomic mass is 10.2. The van der Waals surface area contributed by atoms with Gasteiger partial charge in [-0.3, -0.25) is 9.13 Å². The van der Waals surface area contributed by atoms with E-state index < -0.39 is 0 Å². The van der Waals surface area contributed by atoms with Crippen LogP contribution in [0.4, 0.5) is 0 Å². The van der Waals surface area contributed by atoms with Crippen molar-refractivity contribution >= 4 is 0 Å². The number of hydrogen-bond donors (Lipinski definition) is 0. The zero-order chi connectivity index (χ0) is 12.8. The highest BCUT2D eigenvalue weighted by Gasteiger charge is 2.26. The van der Waals surface area contributed by atoms with E-state index in [1.807, 2.05) is 17.0 Å². The molecule has 4 rings (SSSR count). The van der Waals surface area contributed by atoms with Crippen LogP contribution in [0.25, 0.3) is 0 Å². The fraction of sp³-hybridized carbons (Fsp3) is 0.615. The molecule has 0 N–H and O–H groups in total. The summed E-state index contributed by atoms with van der Waals surface area (Å²) < 4.78 is 5.75. The average molecular weight is 259 g/mol. The third-order valence-corrected chi connectivity index (χ3v) is 4.06. The van der Waals surface area contributed by atoms with Crippen molar-refractivity contribution in [2.75, 3.05) is 0 Å². The van der Waals surface area contributed by atoms with Crippen LogP contribution in [-0.4, -0.2) is 23.9 Å². The fourth-order valence-corrected chi connectivity index (χ4v) is 2.82. The van der Waals surface area contributed by atoms with E-state index in [-0.39, 0.29) is 5.69 Å². The topological polar surface area (TPSA) is 57.6 Å². The lowest BCUT2D eigenvalue weighted by Gasteiger charge is -2.14. The van der Waals surface area contributed by atoms with Crippen LogP contribution in [0.1, 0.15) is 43.4 Å². The number of imidazole rings is 1. The van der Waals surface area contributed by atoms with Gasteiger partial charge >= 0.3 is 5.69 Å². The molecule has 0 saturated heterocycles. The number of hydrogen-bond acceptors (Lipinski definition) is 3. The second-order valence-corrected chi connectivity index (χ2v) is 5.49. The molecule has 2 aromatic heterocycles. The first kappa shape index (κ1) is 11.0. The van der Waals surface area contributed by atoms with Crippen LogP contribution >= 0.6 is 0 Å². The lowest BCUT2D eigenvalue weighted by molar-refractivity contribution is 0.499. The molecule has 1 saturated carbocycles. The van der Waals surface area contributed by atoms with Gasteiger partial charge in [-0.15, -0.1) is 10.2 Å². The molecule has 0 spiro atoms. The quantitative estimate of drug-likeness (QED) is 0.825. The molecular weight excluding hydrogens is 242 g/mol. The number of aromatic nitrogens is 5. The molecule has 6 heteroatoms. The Hall–Kier alpha value is -1.85. The van der Waals surface area contributed by atoms with Crippen molar-refractivity contribution in [3.8, 4) is 0 Å². The summed E-state index contributed by atoms with van der Waals surface area (Å²) in [5, 5.41) is 8.48. The molecule has 3 heterocycles. The van der Waals surface area contributed by atoms with Crippen molar-refractivity contribution in [2.24, 2.45) is 0 Å². The smallest absolute Gasteiger partial charge is 0.313 e. The van der Waals surface area contributed by atoms with Gasteiger partial charge in [-0.05, 0) is 25.7 Å². The maximum absolute atomic E-state index is 12.2. The minimum Gasteiger partial charge on any atom is -0.313 e. The van der Waals surface area contributed by atoms with Crippen molar-refractivity contribution in [1.82, 2.24) is 23.9 Å². The highest BCUT2D eigenvalue weighted by molar-refractivity contribution is 5.01. The van der Waals surface area contributed by atoms with E-state index in [0.29, 0.717) is 12.6 Å². The maximum atomic E-state index is 12.2. The van der Waals surface area contributed by atoms with Gasteiger partial charge in [-0.25, -0.2) is 4.79 Å². The van der Waals surface area contributed by atoms with Gasteiger partial charge in [0, 0.05) is 31.4 Å². The molecule has 6 nitrogen and oxygen atoms in total. The van der Waals surface area contributed by atoms with Gasteiger partial charge in [-0.1, -0.05) is 0 Å². The SMILES string of the molecule is O=c1n(Cc2nnc3n2CCCC3)ccn1C1CC1.